The molecule has 11 heteroatoms. The van der Waals surface area contributed by atoms with Crippen molar-refractivity contribution in [1.82, 2.24) is 5.16 Å². The monoisotopic (exact) mass is 483 g/mol. The minimum absolute atomic E-state index is 0.0273. The number of nitrogens with one attached hydrogen (secondary N) is 3. The van der Waals surface area contributed by atoms with E-state index in [2.05, 4.69) is 20.5 Å². The third-order valence-electron chi connectivity index (χ3n) is 4.61. The lowest BCUT2D eigenvalue weighted by atomic mass is 10.2. The van der Waals surface area contributed by atoms with E-state index in [4.69, 9.17) is 4.52 Å². The van der Waals surface area contributed by atoms with Crippen LogP contribution >= 0.6 is 11.8 Å². The van der Waals surface area contributed by atoms with Gasteiger partial charge in [-0.2, -0.15) is 5.26 Å². The molecule has 9 nitrogen and oxygen atoms in total. The number of hydrogen-bond acceptors (Lipinski definition) is 8. The van der Waals surface area contributed by atoms with Crippen LogP contribution in [0.1, 0.15) is 11.3 Å². The van der Waals surface area contributed by atoms with E-state index in [1.807, 2.05) is 36.4 Å². The van der Waals surface area contributed by atoms with Crippen LogP contribution in [0.3, 0.4) is 0 Å². The normalized spacial score (nSPS) is 11.8. The quantitative estimate of drug-likeness (QED) is 0.320. The molecule has 0 saturated carbocycles. The van der Waals surface area contributed by atoms with Crippen LogP contribution in [0.5, 0.6) is 0 Å². The number of benzene rings is 2. The molecule has 0 aliphatic heterocycles. The van der Waals surface area contributed by atoms with E-state index >= 15 is 0 Å². The van der Waals surface area contributed by atoms with Gasteiger partial charge in [-0.15, -0.1) is 11.8 Å². The predicted octanol–water partition coefficient (Wildman–Crippen LogP) is 4.24. The molecule has 3 rings (SSSR count). The lowest BCUT2D eigenvalue weighted by Crippen LogP contribution is -2.17. The first-order chi connectivity index (χ1) is 15.7. The van der Waals surface area contributed by atoms with Gasteiger partial charge in [-0.1, -0.05) is 23.4 Å². The average Bonchev–Trinajstić information content (AvgIpc) is 3.11. The molecule has 1 aromatic heterocycles. The van der Waals surface area contributed by atoms with Crippen molar-refractivity contribution in [3.05, 3.63) is 76.5 Å². The van der Waals surface area contributed by atoms with Gasteiger partial charge in [0.15, 0.2) is 0 Å². The summed E-state index contributed by atoms with van der Waals surface area (Å²) in [6.07, 6.45) is 1.75. The summed E-state index contributed by atoms with van der Waals surface area (Å²) >= 11 is 1.23. The van der Waals surface area contributed by atoms with Crippen molar-refractivity contribution in [2.24, 2.45) is 0 Å². The summed E-state index contributed by atoms with van der Waals surface area (Å²) in [5.74, 6) is -0.573. The molecule has 1 amide bonds. The van der Waals surface area contributed by atoms with Crippen molar-refractivity contribution >= 4 is 45.0 Å². The molecule has 3 N–H and O–H groups in total. The van der Waals surface area contributed by atoms with E-state index in [0.717, 1.165) is 5.69 Å². The Bertz CT molecular complexity index is 1330. The second kappa shape index (κ2) is 10.2. The Balaban J connectivity index is 1.76. The van der Waals surface area contributed by atoms with Gasteiger partial charge in [-0.25, -0.2) is 13.1 Å². The maximum Gasteiger partial charge on any atom is 0.269 e. The van der Waals surface area contributed by atoms with Crippen LogP contribution in [0.4, 0.5) is 17.3 Å². The van der Waals surface area contributed by atoms with Gasteiger partial charge in [-0.05, 0) is 56.5 Å². The number of aryl methyl sites for hydroxylation is 1. The first-order valence-electron chi connectivity index (χ1n) is 9.62. The Morgan fingerprint density at radius 2 is 1.67 bits per heavy atom. The minimum atomic E-state index is -3.91. The van der Waals surface area contributed by atoms with Gasteiger partial charge in [0.1, 0.15) is 11.6 Å². The topological polar surface area (TPSA) is 137 Å². The molecule has 0 unspecified atom stereocenters. The smallest absolute Gasteiger partial charge is 0.269 e. The number of amides is 1. The van der Waals surface area contributed by atoms with E-state index in [-0.39, 0.29) is 16.4 Å². The first kappa shape index (κ1) is 23.9. The molecule has 2 aromatic carbocycles. The second-order valence-electron chi connectivity index (χ2n) is 6.82. The molecule has 0 saturated heterocycles. The van der Waals surface area contributed by atoms with Crippen molar-refractivity contribution in [3.63, 3.8) is 0 Å². The Hall–Kier alpha value is -3.75. The molecule has 1 heterocycles. The summed E-state index contributed by atoms with van der Waals surface area (Å²) in [4.78, 5) is 12.7. The van der Waals surface area contributed by atoms with Crippen molar-refractivity contribution in [2.45, 2.75) is 18.7 Å². The molecule has 0 radical (unpaired) electrons. The van der Waals surface area contributed by atoms with Gasteiger partial charge >= 0.3 is 0 Å². The zero-order valence-corrected chi connectivity index (χ0v) is 19.7. The van der Waals surface area contributed by atoms with Gasteiger partial charge in [-0.3, -0.25) is 4.79 Å². The molecule has 0 aliphatic rings. The van der Waals surface area contributed by atoms with Gasteiger partial charge in [0.05, 0.1) is 15.6 Å². The zero-order valence-electron chi connectivity index (χ0n) is 18.0. The Morgan fingerprint density at radius 1 is 1.03 bits per heavy atom. The van der Waals surface area contributed by atoms with E-state index in [1.165, 1.54) is 36.0 Å². The second-order valence-corrected chi connectivity index (χ2v) is 9.32. The van der Waals surface area contributed by atoms with E-state index in [1.54, 1.807) is 20.1 Å². The zero-order chi connectivity index (χ0) is 24.0. The largest absolute Gasteiger partial charge is 0.349 e. The van der Waals surface area contributed by atoms with Gasteiger partial charge in [0.25, 0.3) is 15.9 Å². The first-order valence-corrected chi connectivity index (χ1v) is 12.3. The van der Waals surface area contributed by atoms with Crippen LogP contribution in [0.25, 0.3) is 0 Å². The molecule has 3 aromatic rings. The van der Waals surface area contributed by atoms with Crippen molar-refractivity contribution in [3.8, 4) is 6.07 Å². The van der Waals surface area contributed by atoms with Crippen LogP contribution in [0, 0.1) is 25.2 Å². The maximum absolute atomic E-state index is 12.7. The predicted molar refractivity (Wildman–Crippen MR) is 128 cm³/mol. The van der Waals surface area contributed by atoms with Crippen LogP contribution in [0.2, 0.25) is 0 Å². The van der Waals surface area contributed by atoms with Gasteiger partial charge < -0.3 is 15.2 Å². The summed E-state index contributed by atoms with van der Waals surface area (Å²) in [6, 6.07) is 16.6. The number of carbonyl (C=O) groups is 1. The van der Waals surface area contributed by atoms with Gasteiger partial charge in [0.2, 0.25) is 5.88 Å². The number of nitrogens with zero attached hydrogens (tertiary/aromatic N) is 2. The molecular formula is C22H21N5O4S2. The number of hydrogen-bond donors (Lipinski definition) is 3. The fourth-order valence-electron chi connectivity index (χ4n) is 2.68. The highest BCUT2D eigenvalue weighted by atomic mass is 32.2. The molecule has 0 atom stereocenters. The van der Waals surface area contributed by atoms with Crippen molar-refractivity contribution < 1.29 is 17.7 Å². The average molecular weight is 484 g/mol. The minimum Gasteiger partial charge on any atom is -0.349 e. The summed E-state index contributed by atoms with van der Waals surface area (Å²) < 4.78 is 32.6. The number of anilines is 3. The lowest BCUT2D eigenvalue weighted by Gasteiger charge is -2.12. The third kappa shape index (κ3) is 5.74. The summed E-state index contributed by atoms with van der Waals surface area (Å²) in [7, 11) is -3.91. The SMILES string of the molecule is CS/C(Nc1ccccc1)=C(\C#N)C(=O)Nc1ccc(S(=O)(=O)Nc2onc(C)c2C)cc1. The fourth-order valence-corrected chi connectivity index (χ4v) is 4.28. The number of carbonyl (C=O) groups excluding carboxylic acids is 1. The van der Waals surface area contributed by atoms with Crippen LogP contribution in [-0.4, -0.2) is 25.7 Å². The number of sulfonamides is 1. The number of rotatable bonds is 8. The lowest BCUT2D eigenvalue weighted by molar-refractivity contribution is -0.112. The highest BCUT2D eigenvalue weighted by Crippen LogP contribution is 2.24. The van der Waals surface area contributed by atoms with E-state index in [0.29, 0.717) is 22.0 Å². The number of para-hydroxylation sites is 1. The molecule has 0 spiro atoms. The Labute approximate surface area is 195 Å². The number of nitriles is 1. The molecular weight excluding hydrogens is 462 g/mol. The number of aromatic nitrogens is 1. The summed E-state index contributed by atoms with van der Waals surface area (Å²) in [5.41, 5.74) is 2.14. The highest BCUT2D eigenvalue weighted by molar-refractivity contribution is 8.02. The summed E-state index contributed by atoms with van der Waals surface area (Å²) in [6.45, 7) is 3.40. The Kier molecular flexibility index (Phi) is 7.42. The maximum atomic E-state index is 12.7. The van der Waals surface area contributed by atoms with E-state index < -0.39 is 15.9 Å². The fraction of sp³-hybridized carbons (Fsp3) is 0.136. The van der Waals surface area contributed by atoms with Crippen LogP contribution in [-0.2, 0) is 14.8 Å². The van der Waals surface area contributed by atoms with Crippen LogP contribution < -0.4 is 15.4 Å². The number of thioether (sulfide) groups is 1. The standard InChI is InChI=1S/C22H21N5O4S2/c1-14-15(2)26-31-21(14)27-33(29,30)18-11-9-17(10-12-18)24-20(28)19(13-23)22(32-3)25-16-7-5-4-6-8-16/h4-12,25,27H,1-3H3,(H,24,28)/b22-19+. The van der Waals surface area contributed by atoms with Crippen molar-refractivity contribution in [2.75, 3.05) is 21.6 Å². The molecule has 0 aliphatic carbocycles. The molecule has 0 fully saturated rings. The Morgan fingerprint density at radius 3 is 2.21 bits per heavy atom. The van der Waals surface area contributed by atoms with Crippen LogP contribution in [0.15, 0.2) is 74.6 Å². The summed E-state index contributed by atoms with van der Waals surface area (Å²) in [5, 5.41) is 19.3. The highest BCUT2D eigenvalue weighted by Gasteiger charge is 2.20. The molecule has 0 bridgehead atoms. The third-order valence-corrected chi connectivity index (χ3v) is 6.67. The van der Waals surface area contributed by atoms with Gasteiger partial charge in [0, 0.05) is 16.9 Å². The van der Waals surface area contributed by atoms with E-state index in [9.17, 15) is 18.5 Å². The molecule has 33 heavy (non-hydrogen) atoms. The van der Waals surface area contributed by atoms with Crippen molar-refractivity contribution in [1.29, 1.82) is 5.26 Å². The molecule has 170 valence electrons.